The molecule has 0 saturated heterocycles. The van der Waals surface area contributed by atoms with Crippen molar-refractivity contribution in [2.24, 2.45) is 5.92 Å². The van der Waals surface area contributed by atoms with Crippen LogP contribution in [0.25, 0.3) is 0 Å². The lowest BCUT2D eigenvalue weighted by Gasteiger charge is -2.20. The number of imide groups is 1. The molecule has 2 rings (SSSR count). The van der Waals surface area contributed by atoms with Crippen LogP contribution in [0.5, 0.6) is 0 Å². The number of nitrogens with one attached hydrogen (secondary N) is 2. The van der Waals surface area contributed by atoms with Gasteiger partial charge in [0.05, 0.1) is 0 Å². The number of benzene rings is 1. The second-order valence-corrected chi connectivity index (χ2v) is 7.33. The Morgan fingerprint density at radius 2 is 1.67 bits per heavy atom. The van der Waals surface area contributed by atoms with Gasteiger partial charge in [-0.2, -0.15) is 0 Å². The molecule has 0 aliphatic heterocycles. The lowest BCUT2D eigenvalue weighted by atomic mass is 9.93. The topological polar surface area (TPSA) is 74.8 Å². The molecular formula is C19H30N3O2+. The Hall–Kier alpha value is -1.88. The van der Waals surface area contributed by atoms with E-state index >= 15 is 0 Å². The summed E-state index contributed by atoms with van der Waals surface area (Å²) in [5.41, 5.74) is 2.53. The molecule has 5 heteroatoms. The summed E-state index contributed by atoms with van der Waals surface area (Å²) >= 11 is 0. The molecule has 132 valence electrons. The molecule has 1 saturated carbocycles. The van der Waals surface area contributed by atoms with E-state index in [-0.39, 0.29) is 30.6 Å². The minimum Gasteiger partial charge on any atom is -0.335 e. The predicted molar refractivity (Wildman–Crippen MR) is 94.6 cm³/mol. The molecular weight excluding hydrogens is 302 g/mol. The van der Waals surface area contributed by atoms with Crippen LogP contribution in [0.2, 0.25) is 0 Å². The molecule has 1 atom stereocenters. The zero-order valence-electron chi connectivity index (χ0n) is 15.1. The van der Waals surface area contributed by atoms with Crippen molar-refractivity contribution in [3.63, 3.8) is 0 Å². The van der Waals surface area contributed by atoms with Gasteiger partial charge in [-0.05, 0) is 24.3 Å². The summed E-state index contributed by atoms with van der Waals surface area (Å²) in [5.74, 6) is 0.650. The molecule has 5 nitrogen and oxygen atoms in total. The lowest BCUT2D eigenvalue weighted by Crippen LogP contribution is -2.88. The average Bonchev–Trinajstić information content (AvgIpc) is 3.31. The van der Waals surface area contributed by atoms with E-state index in [0.717, 1.165) is 12.8 Å². The van der Waals surface area contributed by atoms with Crippen molar-refractivity contribution < 1.29 is 14.9 Å². The molecule has 1 aromatic rings. The van der Waals surface area contributed by atoms with Crippen LogP contribution >= 0.6 is 0 Å². The molecule has 0 unspecified atom stereocenters. The van der Waals surface area contributed by atoms with Crippen LogP contribution in [0.1, 0.15) is 63.6 Å². The summed E-state index contributed by atoms with van der Waals surface area (Å²) in [6.07, 6.45) is 2.02. The number of rotatable bonds is 7. The summed E-state index contributed by atoms with van der Waals surface area (Å²) in [6.45, 7) is 8.90. The number of urea groups is 1. The van der Waals surface area contributed by atoms with Gasteiger partial charge in [-0.15, -0.1) is 0 Å². The monoisotopic (exact) mass is 332 g/mol. The van der Waals surface area contributed by atoms with Gasteiger partial charge in [-0.3, -0.25) is 10.1 Å². The van der Waals surface area contributed by atoms with Gasteiger partial charge >= 0.3 is 6.03 Å². The molecule has 0 bridgehead atoms. The highest BCUT2D eigenvalue weighted by molar-refractivity contribution is 5.94. The van der Waals surface area contributed by atoms with Gasteiger partial charge < -0.3 is 10.6 Å². The molecule has 0 spiro atoms. The van der Waals surface area contributed by atoms with Crippen LogP contribution in [-0.2, 0) is 4.79 Å². The minimum absolute atomic E-state index is 0.198. The maximum atomic E-state index is 12.0. The van der Waals surface area contributed by atoms with Gasteiger partial charge in [0, 0.05) is 17.5 Å². The summed E-state index contributed by atoms with van der Waals surface area (Å²) in [7, 11) is 0. The normalized spacial score (nSPS) is 15.4. The first-order valence-electron chi connectivity index (χ1n) is 8.90. The zero-order chi connectivity index (χ0) is 17.7. The highest BCUT2D eigenvalue weighted by atomic mass is 16.2. The largest absolute Gasteiger partial charge is 0.335 e. The number of amides is 3. The van der Waals surface area contributed by atoms with Crippen molar-refractivity contribution in [2.45, 2.75) is 58.5 Å². The number of nitrogens with two attached hydrogens (primary N) is 1. The second kappa shape index (κ2) is 8.29. The lowest BCUT2D eigenvalue weighted by molar-refractivity contribution is -0.692. The smallest absolute Gasteiger partial charge is 0.321 e. The third-order valence-corrected chi connectivity index (χ3v) is 4.43. The fourth-order valence-electron chi connectivity index (χ4n) is 2.76. The van der Waals surface area contributed by atoms with Crippen molar-refractivity contribution in [3.05, 3.63) is 35.4 Å². The van der Waals surface area contributed by atoms with Gasteiger partial charge in [-0.1, -0.05) is 52.0 Å². The fraction of sp³-hybridized carbons (Fsp3) is 0.579. The highest BCUT2D eigenvalue weighted by Crippen LogP contribution is 2.21. The Labute approximate surface area is 144 Å². The number of carbonyl (C=O) groups is 2. The summed E-state index contributed by atoms with van der Waals surface area (Å²) < 4.78 is 0. The van der Waals surface area contributed by atoms with Gasteiger partial charge in [-0.25, -0.2) is 4.79 Å². The Kier molecular flexibility index (Phi) is 6.37. The third kappa shape index (κ3) is 5.64. The van der Waals surface area contributed by atoms with Crippen LogP contribution < -0.4 is 16.0 Å². The number of hydrogen-bond donors (Lipinski definition) is 3. The van der Waals surface area contributed by atoms with Crippen molar-refractivity contribution in [3.8, 4) is 0 Å². The van der Waals surface area contributed by atoms with E-state index in [9.17, 15) is 9.59 Å². The molecule has 3 amide bonds. The Morgan fingerprint density at radius 1 is 1.08 bits per heavy atom. The first kappa shape index (κ1) is 18.5. The van der Waals surface area contributed by atoms with Crippen molar-refractivity contribution in [1.29, 1.82) is 0 Å². The number of quaternary nitrogens is 1. The minimum atomic E-state index is -0.377. The van der Waals surface area contributed by atoms with Gasteiger partial charge in [0.1, 0.15) is 6.04 Å². The SMILES string of the molecule is CC(C)c1ccc([C@@H]([NH2+]CC(=O)NC(=O)NC2CC2)C(C)C)cc1. The first-order valence-corrected chi connectivity index (χ1v) is 8.90. The first-order chi connectivity index (χ1) is 11.4. The van der Waals surface area contributed by atoms with Crippen LogP contribution in [-0.4, -0.2) is 24.5 Å². The van der Waals surface area contributed by atoms with Crippen LogP contribution in [0.15, 0.2) is 24.3 Å². The van der Waals surface area contributed by atoms with Crippen LogP contribution in [0.4, 0.5) is 4.79 Å². The molecule has 1 aliphatic rings. The molecule has 1 aliphatic carbocycles. The van der Waals surface area contributed by atoms with Gasteiger partial charge in [0.15, 0.2) is 6.54 Å². The van der Waals surface area contributed by atoms with Crippen molar-refractivity contribution in [2.75, 3.05) is 6.54 Å². The third-order valence-electron chi connectivity index (χ3n) is 4.43. The quantitative estimate of drug-likeness (QED) is 0.715. The second-order valence-electron chi connectivity index (χ2n) is 7.33. The molecule has 0 heterocycles. The molecule has 0 aromatic heterocycles. The maximum absolute atomic E-state index is 12.0. The van der Waals surface area contributed by atoms with Crippen LogP contribution in [0.3, 0.4) is 0 Å². The van der Waals surface area contributed by atoms with Crippen molar-refractivity contribution >= 4 is 11.9 Å². The molecule has 1 fully saturated rings. The number of hydrogen-bond acceptors (Lipinski definition) is 2. The van der Waals surface area contributed by atoms with E-state index < -0.39 is 0 Å². The predicted octanol–water partition coefficient (Wildman–Crippen LogP) is 2.06. The molecule has 24 heavy (non-hydrogen) atoms. The van der Waals surface area contributed by atoms with E-state index in [2.05, 4.69) is 62.6 Å². The Balaban J connectivity index is 1.88. The highest BCUT2D eigenvalue weighted by Gasteiger charge is 2.25. The summed E-state index contributed by atoms with van der Waals surface area (Å²) in [4.78, 5) is 23.6. The van der Waals surface area contributed by atoms with Gasteiger partial charge in [0.2, 0.25) is 0 Å². The fourth-order valence-corrected chi connectivity index (χ4v) is 2.76. The standard InChI is InChI=1S/C19H29N3O2/c1-12(2)14-5-7-15(8-6-14)18(13(3)4)20-11-17(23)22-19(24)21-16-9-10-16/h5-8,12-13,16,18,20H,9-11H2,1-4H3,(H2,21,22,23,24)/p+1/t18-/m0/s1. The molecule has 4 N–H and O–H groups in total. The van der Waals surface area contributed by atoms with Gasteiger partial charge in [0.25, 0.3) is 5.91 Å². The van der Waals surface area contributed by atoms with E-state index in [1.807, 2.05) is 5.32 Å². The Bertz CT molecular complexity index is 562. The maximum Gasteiger partial charge on any atom is 0.321 e. The van der Waals surface area contributed by atoms with E-state index in [0.29, 0.717) is 11.8 Å². The summed E-state index contributed by atoms with van der Waals surface area (Å²) in [6, 6.07) is 8.69. The van der Waals surface area contributed by atoms with Crippen LogP contribution in [0, 0.1) is 5.92 Å². The van der Waals surface area contributed by atoms with Crippen molar-refractivity contribution in [1.82, 2.24) is 10.6 Å². The van der Waals surface area contributed by atoms with E-state index in [1.54, 1.807) is 0 Å². The Morgan fingerprint density at radius 3 is 2.17 bits per heavy atom. The zero-order valence-corrected chi connectivity index (χ0v) is 15.1. The molecule has 1 aromatic carbocycles. The summed E-state index contributed by atoms with van der Waals surface area (Å²) in [5, 5.41) is 7.17. The number of carbonyl (C=O) groups excluding carboxylic acids is 2. The molecule has 0 radical (unpaired) electrons. The van der Waals surface area contributed by atoms with E-state index in [1.165, 1.54) is 11.1 Å². The van der Waals surface area contributed by atoms with E-state index in [4.69, 9.17) is 0 Å². The average molecular weight is 332 g/mol.